The Bertz CT molecular complexity index is 1120. The molecule has 10 heteroatoms. The van der Waals surface area contributed by atoms with E-state index in [-0.39, 0.29) is 29.1 Å². The van der Waals surface area contributed by atoms with Crippen LogP contribution in [0.1, 0.15) is 41.7 Å². The SMILES string of the molecule is Cc1noc(C)c1S(=O)(=O)N1CCCC1c1cc(CCOc2ccccc2F)[nH]n1. The Morgan fingerprint density at radius 1 is 1.33 bits per heavy atom. The van der Waals surface area contributed by atoms with Gasteiger partial charge < -0.3 is 9.26 Å². The minimum Gasteiger partial charge on any atom is -0.490 e. The minimum absolute atomic E-state index is 0.128. The quantitative estimate of drug-likeness (QED) is 0.612. The second kappa shape index (κ2) is 8.19. The van der Waals surface area contributed by atoms with Gasteiger partial charge in [-0.15, -0.1) is 0 Å². The highest BCUT2D eigenvalue weighted by molar-refractivity contribution is 7.89. The number of hydrogen-bond acceptors (Lipinski definition) is 6. The van der Waals surface area contributed by atoms with Crippen molar-refractivity contribution < 1.29 is 22.1 Å². The van der Waals surface area contributed by atoms with E-state index in [1.165, 1.54) is 10.4 Å². The second-order valence-electron chi connectivity index (χ2n) is 7.27. The third-order valence-corrected chi connectivity index (χ3v) is 7.35. The molecule has 30 heavy (non-hydrogen) atoms. The van der Waals surface area contributed by atoms with Crippen molar-refractivity contribution in [2.45, 2.75) is 44.0 Å². The fourth-order valence-electron chi connectivity index (χ4n) is 3.79. The van der Waals surface area contributed by atoms with E-state index in [4.69, 9.17) is 9.26 Å². The van der Waals surface area contributed by atoms with E-state index in [0.29, 0.717) is 30.8 Å². The number of benzene rings is 1. The molecular weight excluding hydrogens is 411 g/mol. The molecule has 1 aromatic carbocycles. The summed E-state index contributed by atoms with van der Waals surface area (Å²) in [4.78, 5) is 0.128. The fraction of sp³-hybridized carbons (Fsp3) is 0.400. The van der Waals surface area contributed by atoms with Crippen molar-refractivity contribution in [3.63, 3.8) is 0 Å². The summed E-state index contributed by atoms with van der Waals surface area (Å²) in [5, 5.41) is 11.0. The molecular formula is C20H23FN4O4S. The number of halogens is 1. The summed E-state index contributed by atoms with van der Waals surface area (Å²) in [6, 6.07) is 7.72. The molecule has 1 aliphatic rings. The zero-order valence-corrected chi connectivity index (χ0v) is 17.6. The van der Waals surface area contributed by atoms with Gasteiger partial charge in [0.2, 0.25) is 10.0 Å². The predicted molar refractivity (Wildman–Crippen MR) is 106 cm³/mol. The van der Waals surface area contributed by atoms with Gasteiger partial charge in [0.15, 0.2) is 17.3 Å². The number of aryl methyl sites for hydroxylation is 2. The van der Waals surface area contributed by atoms with Gasteiger partial charge >= 0.3 is 0 Å². The van der Waals surface area contributed by atoms with Gasteiger partial charge in [0, 0.05) is 18.7 Å². The first-order chi connectivity index (χ1) is 14.4. The smallest absolute Gasteiger partial charge is 0.249 e. The first-order valence-corrected chi connectivity index (χ1v) is 11.2. The van der Waals surface area contributed by atoms with Gasteiger partial charge in [-0.05, 0) is 44.9 Å². The Morgan fingerprint density at radius 3 is 2.87 bits per heavy atom. The van der Waals surface area contributed by atoms with E-state index in [9.17, 15) is 12.8 Å². The van der Waals surface area contributed by atoms with Crippen molar-refractivity contribution in [2.24, 2.45) is 0 Å². The molecule has 0 radical (unpaired) electrons. The Labute approximate surface area is 174 Å². The average molecular weight is 434 g/mol. The summed E-state index contributed by atoms with van der Waals surface area (Å²) in [5.74, 6) is 0.0739. The van der Waals surface area contributed by atoms with Crippen LogP contribution in [-0.2, 0) is 16.4 Å². The predicted octanol–water partition coefficient (Wildman–Crippen LogP) is 3.30. The Kier molecular flexibility index (Phi) is 5.61. The van der Waals surface area contributed by atoms with Crippen molar-refractivity contribution in [3.05, 3.63) is 59.0 Å². The van der Waals surface area contributed by atoms with Crippen LogP contribution in [0, 0.1) is 19.7 Å². The number of nitrogens with one attached hydrogen (secondary N) is 1. The number of aromatic nitrogens is 3. The lowest BCUT2D eigenvalue weighted by Gasteiger charge is -2.22. The largest absolute Gasteiger partial charge is 0.490 e. The maximum Gasteiger partial charge on any atom is 0.249 e. The molecule has 0 amide bonds. The van der Waals surface area contributed by atoms with Gasteiger partial charge in [0.1, 0.15) is 10.6 Å². The van der Waals surface area contributed by atoms with Crippen molar-refractivity contribution in [1.82, 2.24) is 19.7 Å². The van der Waals surface area contributed by atoms with Gasteiger partial charge in [0.25, 0.3) is 0 Å². The molecule has 3 heterocycles. The first kappa shape index (κ1) is 20.5. The summed E-state index contributed by atoms with van der Waals surface area (Å²) >= 11 is 0. The molecule has 3 aromatic rings. The zero-order chi connectivity index (χ0) is 21.3. The molecule has 0 saturated carbocycles. The Hall–Kier alpha value is -2.72. The summed E-state index contributed by atoms with van der Waals surface area (Å²) in [7, 11) is -3.75. The van der Waals surface area contributed by atoms with E-state index in [1.807, 2.05) is 6.07 Å². The van der Waals surface area contributed by atoms with Gasteiger partial charge in [-0.1, -0.05) is 17.3 Å². The number of hydrogen-bond donors (Lipinski definition) is 1. The lowest BCUT2D eigenvalue weighted by Crippen LogP contribution is -2.31. The highest BCUT2D eigenvalue weighted by atomic mass is 32.2. The lowest BCUT2D eigenvalue weighted by molar-refractivity contribution is 0.304. The van der Waals surface area contributed by atoms with Crippen LogP contribution in [-0.4, -0.2) is 41.2 Å². The number of H-pyrrole nitrogens is 1. The second-order valence-corrected chi connectivity index (χ2v) is 9.10. The maximum atomic E-state index is 13.6. The minimum atomic E-state index is -3.75. The fourth-order valence-corrected chi connectivity index (χ4v) is 5.76. The molecule has 0 aliphatic carbocycles. The van der Waals surface area contributed by atoms with Crippen molar-refractivity contribution >= 4 is 10.0 Å². The van der Waals surface area contributed by atoms with E-state index < -0.39 is 15.8 Å². The first-order valence-electron chi connectivity index (χ1n) is 9.74. The Morgan fingerprint density at radius 2 is 2.13 bits per heavy atom. The zero-order valence-electron chi connectivity index (χ0n) is 16.8. The monoisotopic (exact) mass is 434 g/mol. The standard InChI is InChI=1S/C20H23FN4O4S/c1-13-20(14(2)29-24-13)30(26,27)25-10-5-7-18(25)17-12-15(22-23-17)9-11-28-19-8-4-3-6-16(19)21/h3-4,6,8,12,18H,5,7,9-11H2,1-2H3,(H,22,23). The molecule has 160 valence electrons. The van der Waals surface area contributed by atoms with Gasteiger partial charge in [0.05, 0.1) is 18.3 Å². The highest BCUT2D eigenvalue weighted by Crippen LogP contribution is 2.37. The molecule has 2 aromatic heterocycles. The van der Waals surface area contributed by atoms with Crippen molar-refractivity contribution in [1.29, 1.82) is 0 Å². The normalized spacial score (nSPS) is 17.5. The van der Waals surface area contributed by atoms with Crippen LogP contribution < -0.4 is 4.74 Å². The van der Waals surface area contributed by atoms with E-state index in [0.717, 1.165) is 12.1 Å². The van der Waals surface area contributed by atoms with Crippen molar-refractivity contribution in [3.8, 4) is 5.75 Å². The lowest BCUT2D eigenvalue weighted by atomic mass is 10.1. The molecule has 1 N–H and O–H groups in total. The van der Waals surface area contributed by atoms with Crippen LogP contribution in [0.3, 0.4) is 0 Å². The maximum absolute atomic E-state index is 13.6. The summed E-state index contributed by atoms with van der Waals surface area (Å²) < 4.78 is 52.1. The van der Waals surface area contributed by atoms with E-state index in [1.54, 1.807) is 32.0 Å². The summed E-state index contributed by atoms with van der Waals surface area (Å²) in [5.41, 5.74) is 1.80. The number of aromatic amines is 1. The third kappa shape index (κ3) is 3.84. The third-order valence-electron chi connectivity index (χ3n) is 5.20. The topological polar surface area (TPSA) is 101 Å². The summed E-state index contributed by atoms with van der Waals surface area (Å²) in [6.45, 7) is 3.90. The molecule has 0 spiro atoms. The van der Waals surface area contributed by atoms with Gasteiger partial charge in [-0.25, -0.2) is 12.8 Å². The number of nitrogens with zero attached hydrogens (tertiary/aromatic N) is 3. The number of rotatable bonds is 7. The van der Waals surface area contributed by atoms with Crippen molar-refractivity contribution in [2.75, 3.05) is 13.2 Å². The van der Waals surface area contributed by atoms with Crippen LogP contribution in [0.2, 0.25) is 0 Å². The van der Waals surface area contributed by atoms with E-state index >= 15 is 0 Å². The molecule has 1 aliphatic heterocycles. The average Bonchev–Trinajstić information content (AvgIpc) is 3.43. The molecule has 1 saturated heterocycles. The van der Waals surface area contributed by atoms with Crippen LogP contribution in [0.25, 0.3) is 0 Å². The Balaban J connectivity index is 1.47. The van der Waals surface area contributed by atoms with Crippen LogP contribution >= 0.6 is 0 Å². The molecule has 0 bridgehead atoms. The summed E-state index contributed by atoms with van der Waals surface area (Å²) in [6.07, 6.45) is 1.91. The number of ether oxygens (including phenoxy) is 1. The highest BCUT2D eigenvalue weighted by Gasteiger charge is 2.40. The molecule has 1 fully saturated rings. The van der Waals surface area contributed by atoms with Crippen LogP contribution in [0.4, 0.5) is 4.39 Å². The van der Waals surface area contributed by atoms with Crippen LogP contribution in [0.15, 0.2) is 39.8 Å². The van der Waals surface area contributed by atoms with Gasteiger partial charge in [-0.3, -0.25) is 5.10 Å². The molecule has 8 nitrogen and oxygen atoms in total. The molecule has 4 rings (SSSR count). The molecule has 1 unspecified atom stereocenters. The van der Waals surface area contributed by atoms with Gasteiger partial charge in [-0.2, -0.15) is 9.40 Å². The van der Waals surface area contributed by atoms with Crippen LogP contribution in [0.5, 0.6) is 5.75 Å². The molecule has 1 atom stereocenters. The van der Waals surface area contributed by atoms with E-state index in [2.05, 4.69) is 15.4 Å². The number of para-hydroxylation sites is 1. The number of sulfonamides is 1.